The van der Waals surface area contributed by atoms with Gasteiger partial charge in [-0.3, -0.25) is 4.79 Å². The third-order valence-electron chi connectivity index (χ3n) is 3.55. The first-order valence-electron chi connectivity index (χ1n) is 7.35. The second kappa shape index (κ2) is 7.79. The highest BCUT2D eigenvalue weighted by Gasteiger charge is 2.27. The number of aromatic nitrogens is 1. The maximum absolute atomic E-state index is 12.4. The average molecular weight is 366 g/mol. The lowest BCUT2D eigenvalue weighted by Crippen LogP contribution is -2.27. The van der Waals surface area contributed by atoms with E-state index < -0.39 is 10.0 Å². The molecule has 0 bridgehead atoms. The highest BCUT2D eigenvalue weighted by Crippen LogP contribution is 2.23. The first kappa shape index (κ1) is 18.4. The number of hydrogen-bond donors (Lipinski definition) is 1. The molecule has 1 aromatic rings. The zero-order valence-electron chi connectivity index (χ0n) is 13.2. The number of allylic oxidation sites excluding steroid dienone is 2. The Morgan fingerprint density at radius 2 is 2.08 bits per heavy atom. The first-order chi connectivity index (χ1) is 11.4. The third-order valence-corrected chi connectivity index (χ3v) is 6.37. The fourth-order valence-electron chi connectivity index (χ4n) is 2.26. The van der Waals surface area contributed by atoms with Gasteiger partial charge in [0.15, 0.2) is 5.78 Å². The summed E-state index contributed by atoms with van der Waals surface area (Å²) in [7, 11) is -3.49. The molecule has 0 aromatic carbocycles. The van der Waals surface area contributed by atoms with Gasteiger partial charge in [-0.1, -0.05) is 11.8 Å². The average Bonchev–Trinajstić information content (AvgIpc) is 3.09. The summed E-state index contributed by atoms with van der Waals surface area (Å²) in [6.07, 6.45) is 3.05. The molecule has 7 nitrogen and oxygen atoms in total. The minimum absolute atomic E-state index is 0.0165. The molecule has 0 aliphatic carbocycles. The summed E-state index contributed by atoms with van der Waals surface area (Å²) in [6.45, 7) is 2.57. The lowest BCUT2D eigenvalue weighted by Gasteiger charge is -2.15. The molecule has 1 saturated heterocycles. The van der Waals surface area contributed by atoms with Gasteiger partial charge < -0.3 is 5.73 Å². The molecule has 0 atom stereocenters. The van der Waals surface area contributed by atoms with Crippen LogP contribution in [0.15, 0.2) is 39.5 Å². The Morgan fingerprint density at radius 1 is 1.42 bits per heavy atom. The summed E-state index contributed by atoms with van der Waals surface area (Å²) in [5.41, 5.74) is 5.61. The first-order valence-corrected chi connectivity index (χ1v) is 9.77. The summed E-state index contributed by atoms with van der Waals surface area (Å²) in [5.74, 6) is -0.360. The SMILES string of the molecule is C/C(N)=C(/C#N)C(=O)CSc1ccc(S(=O)(=O)N2CCCC2)cn1. The van der Waals surface area contributed by atoms with Crippen molar-refractivity contribution in [3.05, 3.63) is 29.6 Å². The molecular formula is C15H18N4O3S2. The van der Waals surface area contributed by atoms with Crippen LogP contribution in [0.5, 0.6) is 0 Å². The normalized spacial score (nSPS) is 16.5. The van der Waals surface area contributed by atoms with Crippen LogP contribution in [0.4, 0.5) is 0 Å². The number of Topliss-reactive ketones (excluding diaryl/α,β-unsaturated/α-hetero) is 1. The molecule has 2 N–H and O–H groups in total. The van der Waals surface area contributed by atoms with Gasteiger partial charge in [0.2, 0.25) is 10.0 Å². The molecule has 1 aliphatic rings. The number of thioether (sulfide) groups is 1. The Labute approximate surface area is 145 Å². The molecule has 128 valence electrons. The second-order valence-electron chi connectivity index (χ2n) is 5.32. The van der Waals surface area contributed by atoms with Gasteiger partial charge in [-0.05, 0) is 31.9 Å². The van der Waals surface area contributed by atoms with Gasteiger partial charge in [-0.25, -0.2) is 13.4 Å². The van der Waals surface area contributed by atoms with Gasteiger partial charge in [0.25, 0.3) is 0 Å². The smallest absolute Gasteiger partial charge is 0.244 e. The molecule has 0 amide bonds. The van der Waals surface area contributed by atoms with E-state index in [4.69, 9.17) is 11.0 Å². The maximum Gasteiger partial charge on any atom is 0.244 e. The number of nitriles is 1. The Bertz CT molecular complexity index is 785. The van der Waals surface area contributed by atoms with Gasteiger partial charge in [0, 0.05) is 25.0 Å². The molecule has 2 heterocycles. The molecule has 0 radical (unpaired) electrons. The predicted molar refractivity (Wildman–Crippen MR) is 90.5 cm³/mol. The van der Waals surface area contributed by atoms with E-state index in [1.165, 1.54) is 23.5 Å². The summed E-state index contributed by atoms with van der Waals surface area (Å²) >= 11 is 1.13. The van der Waals surface area contributed by atoms with Crippen molar-refractivity contribution < 1.29 is 13.2 Å². The highest BCUT2D eigenvalue weighted by atomic mass is 32.2. The van der Waals surface area contributed by atoms with Gasteiger partial charge in [0.05, 0.1) is 10.8 Å². The Balaban J connectivity index is 2.04. The Morgan fingerprint density at radius 3 is 2.58 bits per heavy atom. The highest BCUT2D eigenvalue weighted by molar-refractivity contribution is 7.99. The maximum atomic E-state index is 12.4. The standard InChI is InChI=1S/C15H18N4O3S2/c1-11(17)13(8-16)14(20)10-23-15-5-4-12(9-18-15)24(21,22)19-6-2-3-7-19/h4-5,9H,2-3,6-7,10,17H2,1H3/b13-11+. The number of pyridine rings is 1. The zero-order chi connectivity index (χ0) is 17.7. The Hall–Kier alpha value is -1.89. The topological polar surface area (TPSA) is 117 Å². The fraction of sp³-hybridized carbons (Fsp3) is 0.400. The van der Waals surface area contributed by atoms with E-state index >= 15 is 0 Å². The van der Waals surface area contributed by atoms with Crippen LogP contribution in [0.3, 0.4) is 0 Å². The van der Waals surface area contributed by atoms with Gasteiger partial charge in [0.1, 0.15) is 16.5 Å². The number of sulfonamides is 1. The molecule has 0 unspecified atom stereocenters. The summed E-state index contributed by atoms with van der Waals surface area (Å²) in [4.78, 5) is 16.1. The van der Waals surface area contributed by atoms with Crippen molar-refractivity contribution in [1.82, 2.24) is 9.29 Å². The number of nitrogens with two attached hydrogens (primary N) is 1. The largest absolute Gasteiger partial charge is 0.401 e. The van der Waals surface area contributed by atoms with Crippen molar-refractivity contribution in [2.75, 3.05) is 18.8 Å². The fourth-order valence-corrected chi connectivity index (χ4v) is 4.44. The van der Waals surface area contributed by atoms with Crippen LogP contribution in [0, 0.1) is 11.3 Å². The zero-order valence-corrected chi connectivity index (χ0v) is 14.9. The lowest BCUT2D eigenvalue weighted by atomic mass is 10.2. The minimum Gasteiger partial charge on any atom is -0.401 e. The third kappa shape index (κ3) is 4.14. The van der Waals surface area contributed by atoms with Gasteiger partial charge in [-0.15, -0.1) is 0 Å². The monoisotopic (exact) mass is 366 g/mol. The molecule has 9 heteroatoms. The number of hydrogen-bond acceptors (Lipinski definition) is 7. The van der Waals surface area contributed by atoms with Crippen LogP contribution in [-0.2, 0) is 14.8 Å². The number of rotatable bonds is 6. The van der Waals surface area contributed by atoms with Crippen LogP contribution in [0.2, 0.25) is 0 Å². The molecule has 1 fully saturated rings. The molecule has 0 spiro atoms. The molecular weight excluding hydrogens is 348 g/mol. The summed E-state index contributed by atoms with van der Waals surface area (Å²) < 4.78 is 26.2. The quantitative estimate of drug-likeness (QED) is 0.458. The number of ketones is 1. The van der Waals surface area contributed by atoms with Gasteiger partial charge >= 0.3 is 0 Å². The van der Waals surface area contributed by atoms with Crippen LogP contribution in [0.25, 0.3) is 0 Å². The predicted octanol–water partition coefficient (Wildman–Crippen LogP) is 1.28. The van der Waals surface area contributed by atoms with Crippen molar-refractivity contribution in [2.24, 2.45) is 5.73 Å². The summed E-state index contributed by atoms with van der Waals surface area (Å²) in [5, 5.41) is 9.40. The number of nitrogens with zero attached hydrogens (tertiary/aromatic N) is 3. The van der Waals surface area contributed by atoms with Gasteiger partial charge in [-0.2, -0.15) is 9.57 Å². The van der Waals surface area contributed by atoms with E-state index in [0.29, 0.717) is 18.1 Å². The number of carbonyl (C=O) groups is 1. The van der Waals surface area contributed by atoms with Crippen molar-refractivity contribution in [3.63, 3.8) is 0 Å². The van der Waals surface area contributed by atoms with Crippen LogP contribution < -0.4 is 5.73 Å². The van der Waals surface area contributed by atoms with E-state index in [1.807, 2.05) is 0 Å². The van der Waals surface area contributed by atoms with Crippen molar-refractivity contribution >= 4 is 27.6 Å². The van der Waals surface area contributed by atoms with E-state index in [9.17, 15) is 13.2 Å². The second-order valence-corrected chi connectivity index (χ2v) is 8.26. The van der Waals surface area contributed by atoms with E-state index in [1.54, 1.807) is 12.1 Å². The molecule has 2 rings (SSSR count). The van der Waals surface area contributed by atoms with E-state index in [2.05, 4.69) is 4.98 Å². The lowest BCUT2D eigenvalue weighted by molar-refractivity contribution is -0.112. The van der Waals surface area contributed by atoms with Crippen molar-refractivity contribution in [1.29, 1.82) is 5.26 Å². The van der Waals surface area contributed by atoms with Crippen molar-refractivity contribution in [2.45, 2.75) is 29.7 Å². The molecule has 0 saturated carbocycles. The van der Waals surface area contributed by atoms with E-state index in [-0.39, 0.29) is 27.7 Å². The summed E-state index contributed by atoms with van der Waals surface area (Å²) in [6, 6.07) is 4.83. The molecule has 1 aliphatic heterocycles. The molecule has 1 aromatic heterocycles. The van der Waals surface area contributed by atoms with Crippen LogP contribution in [0.1, 0.15) is 19.8 Å². The van der Waals surface area contributed by atoms with Crippen molar-refractivity contribution in [3.8, 4) is 6.07 Å². The number of carbonyl (C=O) groups excluding carboxylic acids is 1. The van der Waals surface area contributed by atoms with Crippen LogP contribution >= 0.6 is 11.8 Å². The minimum atomic E-state index is -3.49. The van der Waals surface area contributed by atoms with Crippen LogP contribution in [-0.4, -0.2) is 42.3 Å². The van der Waals surface area contributed by atoms with E-state index in [0.717, 1.165) is 24.6 Å². The molecule has 24 heavy (non-hydrogen) atoms. The Kier molecular flexibility index (Phi) is 5.99.